The monoisotopic (exact) mass is 281 g/mol. The van der Waals surface area contributed by atoms with Gasteiger partial charge in [0.05, 0.1) is 6.54 Å². The Morgan fingerprint density at radius 3 is 2.63 bits per heavy atom. The maximum absolute atomic E-state index is 12.2. The first-order valence-electron chi connectivity index (χ1n) is 6.66. The summed E-state index contributed by atoms with van der Waals surface area (Å²) in [6.07, 6.45) is -0.588. The Bertz CT molecular complexity index is 296. The van der Waals surface area contributed by atoms with E-state index in [2.05, 4.69) is 12.2 Å². The third-order valence-corrected chi connectivity index (χ3v) is 3.41. The average Bonchev–Trinajstić information content (AvgIpc) is 2.32. The van der Waals surface area contributed by atoms with E-state index in [0.29, 0.717) is 13.0 Å². The first-order chi connectivity index (χ1) is 8.81. The Labute approximate surface area is 111 Å². The lowest BCUT2D eigenvalue weighted by molar-refractivity contribution is -0.127. The highest BCUT2D eigenvalue weighted by molar-refractivity contribution is 5.72. The van der Waals surface area contributed by atoms with Crippen LogP contribution in [0, 0.1) is 5.92 Å². The predicted octanol–water partition coefficient (Wildman–Crippen LogP) is 2.10. The van der Waals surface area contributed by atoms with Crippen molar-refractivity contribution in [3.8, 4) is 0 Å². The lowest BCUT2D eigenvalue weighted by Crippen LogP contribution is -2.54. The van der Waals surface area contributed by atoms with Crippen LogP contribution in [0.3, 0.4) is 0 Å². The number of hydrogen-bond donors (Lipinski definition) is 2. The van der Waals surface area contributed by atoms with Gasteiger partial charge in [-0.05, 0) is 18.8 Å². The number of hydrogen-bond acceptors (Lipinski definition) is 2. The maximum Gasteiger partial charge on any atom is 0.401 e. The smallest absolute Gasteiger partial charge is 0.351 e. The number of rotatable bonds is 5. The molecule has 0 aromatic carbocycles. The second-order valence-electron chi connectivity index (χ2n) is 5.18. The van der Waals surface area contributed by atoms with Crippen LogP contribution in [0.4, 0.5) is 18.0 Å². The van der Waals surface area contributed by atoms with Gasteiger partial charge in [0.1, 0.15) is 0 Å². The van der Waals surface area contributed by atoms with Gasteiger partial charge in [-0.1, -0.05) is 19.8 Å². The minimum absolute atomic E-state index is 0.229. The number of alkyl halides is 3. The number of unbranched alkanes of at least 4 members (excludes halogenated alkanes) is 1. The number of nitrogens with two attached hydrogens (primary N) is 1. The van der Waals surface area contributed by atoms with Gasteiger partial charge in [-0.15, -0.1) is 0 Å². The molecular weight excluding hydrogens is 259 g/mol. The number of urea groups is 1. The van der Waals surface area contributed by atoms with Crippen molar-refractivity contribution in [3.63, 3.8) is 0 Å². The van der Waals surface area contributed by atoms with Crippen molar-refractivity contribution in [3.05, 3.63) is 0 Å². The van der Waals surface area contributed by atoms with Crippen LogP contribution in [0.2, 0.25) is 0 Å². The molecule has 0 aliphatic carbocycles. The fourth-order valence-corrected chi connectivity index (χ4v) is 2.49. The van der Waals surface area contributed by atoms with E-state index in [4.69, 9.17) is 5.73 Å². The number of carbonyl (C=O) groups is 1. The van der Waals surface area contributed by atoms with Crippen LogP contribution >= 0.6 is 0 Å². The minimum Gasteiger partial charge on any atom is -0.351 e. The molecule has 0 radical (unpaired) electrons. The molecule has 0 saturated carbocycles. The van der Waals surface area contributed by atoms with Crippen LogP contribution in [-0.2, 0) is 0 Å². The summed E-state index contributed by atoms with van der Waals surface area (Å²) in [6, 6.07) is -0.885. The normalized spacial score (nSPS) is 24.5. The summed E-state index contributed by atoms with van der Waals surface area (Å²) in [5.41, 5.74) is 5.24. The molecule has 3 N–H and O–H groups in total. The molecule has 2 unspecified atom stereocenters. The van der Waals surface area contributed by atoms with Gasteiger partial charge in [-0.2, -0.15) is 13.2 Å². The summed E-state index contributed by atoms with van der Waals surface area (Å²) >= 11 is 0. The molecule has 7 heteroatoms. The Balaban J connectivity index is 2.52. The van der Waals surface area contributed by atoms with Crippen molar-refractivity contribution in [1.82, 2.24) is 10.2 Å². The fourth-order valence-electron chi connectivity index (χ4n) is 2.49. The van der Waals surface area contributed by atoms with E-state index in [9.17, 15) is 18.0 Å². The summed E-state index contributed by atoms with van der Waals surface area (Å²) in [4.78, 5) is 12.7. The van der Waals surface area contributed by atoms with Gasteiger partial charge in [0, 0.05) is 19.1 Å². The van der Waals surface area contributed by atoms with Gasteiger partial charge in [0.25, 0.3) is 0 Å². The number of nitrogens with one attached hydrogen (secondary N) is 1. The van der Waals surface area contributed by atoms with Gasteiger partial charge in [0.2, 0.25) is 0 Å². The third-order valence-electron chi connectivity index (χ3n) is 3.41. The predicted molar refractivity (Wildman–Crippen MR) is 66.6 cm³/mol. The molecule has 1 aliphatic heterocycles. The number of piperidine rings is 1. The molecule has 2 atom stereocenters. The molecule has 1 heterocycles. The van der Waals surface area contributed by atoms with E-state index in [0.717, 1.165) is 19.3 Å². The highest BCUT2D eigenvalue weighted by atomic mass is 19.4. The molecule has 0 aromatic heterocycles. The van der Waals surface area contributed by atoms with E-state index < -0.39 is 18.8 Å². The van der Waals surface area contributed by atoms with Gasteiger partial charge < -0.3 is 16.0 Å². The highest BCUT2D eigenvalue weighted by Gasteiger charge is 2.32. The number of halogens is 3. The van der Waals surface area contributed by atoms with Crippen LogP contribution in [-0.4, -0.2) is 42.8 Å². The standard InChI is InChI=1S/C12H22F3N3O/c1-2-3-4-9-5-10(17-8-12(13,14)15)7-18(6-9)11(16)19/h9-10,17H,2-8H2,1H3,(H2,16,19). The summed E-state index contributed by atoms with van der Waals surface area (Å²) < 4.78 is 36.6. The first-order valence-corrected chi connectivity index (χ1v) is 6.66. The van der Waals surface area contributed by atoms with Crippen molar-refractivity contribution in [2.45, 2.75) is 44.8 Å². The van der Waals surface area contributed by atoms with Crippen molar-refractivity contribution < 1.29 is 18.0 Å². The zero-order chi connectivity index (χ0) is 14.5. The molecule has 19 heavy (non-hydrogen) atoms. The van der Waals surface area contributed by atoms with E-state index in [1.807, 2.05) is 0 Å². The van der Waals surface area contributed by atoms with Crippen LogP contribution < -0.4 is 11.1 Å². The van der Waals surface area contributed by atoms with Crippen LogP contribution in [0.15, 0.2) is 0 Å². The largest absolute Gasteiger partial charge is 0.401 e. The van der Waals surface area contributed by atoms with E-state index in [-0.39, 0.29) is 18.5 Å². The molecule has 1 rings (SSSR count). The summed E-state index contributed by atoms with van der Waals surface area (Å²) in [5, 5.41) is 2.48. The number of likely N-dealkylation sites (tertiary alicyclic amines) is 1. The van der Waals surface area contributed by atoms with Gasteiger partial charge in [0.15, 0.2) is 0 Å². The molecule has 1 aliphatic rings. The molecule has 1 fully saturated rings. The van der Waals surface area contributed by atoms with Crippen molar-refractivity contribution in [2.75, 3.05) is 19.6 Å². The van der Waals surface area contributed by atoms with Crippen molar-refractivity contribution in [2.24, 2.45) is 11.7 Å². The fraction of sp³-hybridized carbons (Fsp3) is 0.917. The number of amides is 2. The zero-order valence-electron chi connectivity index (χ0n) is 11.2. The summed E-state index contributed by atoms with van der Waals surface area (Å²) in [5.74, 6) is 0.229. The topological polar surface area (TPSA) is 58.4 Å². The van der Waals surface area contributed by atoms with Crippen LogP contribution in [0.5, 0.6) is 0 Å². The SMILES string of the molecule is CCCCC1CC(NCC(F)(F)F)CN(C(N)=O)C1. The average molecular weight is 281 g/mol. The zero-order valence-corrected chi connectivity index (χ0v) is 11.2. The number of primary amides is 1. The summed E-state index contributed by atoms with van der Waals surface area (Å²) in [6.45, 7) is 1.85. The van der Waals surface area contributed by atoms with Gasteiger partial charge in [-0.3, -0.25) is 0 Å². The minimum atomic E-state index is -4.23. The van der Waals surface area contributed by atoms with Gasteiger partial charge >= 0.3 is 12.2 Å². The Morgan fingerprint density at radius 2 is 2.11 bits per heavy atom. The molecule has 1 saturated heterocycles. The maximum atomic E-state index is 12.2. The van der Waals surface area contributed by atoms with Crippen molar-refractivity contribution >= 4 is 6.03 Å². The first kappa shape index (κ1) is 16.1. The Kier molecular flexibility index (Phi) is 5.90. The third kappa shape index (κ3) is 6.13. The molecule has 0 spiro atoms. The van der Waals surface area contributed by atoms with Gasteiger partial charge in [-0.25, -0.2) is 4.79 Å². The highest BCUT2D eigenvalue weighted by Crippen LogP contribution is 2.23. The molecule has 112 valence electrons. The quantitative estimate of drug-likeness (QED) is 0.810. The second-order valence-corrected chi connectivity index (χ2v) is 5.18. The molecule has 0 aromatic rings. The van der Waals surface area contributed by atoms with E-state index >= 15 is 0 Å². The molecule has 4 nitrogen and oxygen atoms in total. The number of carbonyl (C=O) groups excluding carboxylic acids is 1. The number of nitrogens with zero attached hydrogens (tertiary/aromatic N) is 1. The van der Waals surface area contributed by atoms with Crippen molar-refractivity contribution in [1.29, 1.82) is 0 Å². The van der Waals surface area contributed by atoms with E-state index in [1.165, 1.54) is 4.90 Å². The van der Waals surface area contributed by atoms with E-state index in [1.54, 1.807) is 0 Å². The lowest BCUT2D eigenvalue weighted by atomic mass is 9.90. The van der Waals surface area contributed by atoms with Crippen LogP contribution in [0.25, 0.3) is 0 Å². The lowest BCUT2D eigenvalue weighted by Gasteiger charge is -2.37. The molecular formula is C12H22F3N3O. The van der Waals surface area contributed by atoms with Crippen LogP contribution in [0.1, 0.15) is 32.6 Å². The Hall–Kier alpha value is -0.980. The summed E-state index contributed by atoms with van der Waals surface area (Å²) in [7, 11) is 0. The molecule has 0 bridgehead atoms. The second kappa shape index (κ2) is 6.98. The molecule has 2 amide bonds. The Morgan fingerprint density at radius 1 is 1.42 bits per heavy atom.